The molecule has 0 bridgehead atoms. The lowest BCUT2D eigenvalue weighted by atomic mass is 9.97. The molecule has 34 heavy (non-hydrogen) atoms. The van der Waals surface area contributed by atoms with Crippen molar-refractivity contribution in [2.75, 3.05) is 13.2 Å². The third-order valence-electron chi connectivity index (χ3n) is 6.09. The van der Waals surface area contributed by atoms with E-state index >= 15 is 0 Å². The van der Waals surface area contributed by atoms with Gasteiger partial charge in [-0.2, -0.15) is 13.2 Å². The van der Waals surface area contributed by atoms with Crippen LogP contribution in [0.5, 0.6) is 0 Å². The highest BCUT2D eigenvalue weighted by Gasteiger charge is 2.33. The number of ether oxygens (including phenoxy) is 1. The second-order valence-electron chi connectivity index (χ2n) is 8.29. The smallest absolute Gasteiger partial charge is 0.416 e. The molecule has 2 unspecified atom stereocenters. The van der Waals surface area contributed by atoms with Gasteiger partial charge >= 0.3 is 12.3 Å². The first-order chi connectivity index (χ1) is 16.2. The molecule has 2 atom stereocenters. The summed E-state index contributed by atoms with van der Waals surface area (Å²) in [6.07, 6.45) is -8.51. The highest BCUT2D eigenvalue weighted by molar-refractivity contribution is 5.79. The van der Waals surface area contributed by atoms with Gasteiger partial charge in [0.15, 0.2) is 0 Å². The van der Waals surface area contributed by atoms with Crippen molar-refractivity contribution < 1.29 is 32.9 Å². The van der Waals surface area contributed by atoms with E-state index in [0.717, 1.165) is 34.4 Å². The van der Waals surface area contributed by atoms with E-state index in [2.05, 4.69) is 5.32 Å². The molecule has 1 amide bonds. The third-order valence-corrected chi connectivity index (χ3v) is 6.09. The van der Waals surface area contributed by atoms with Crippen molar-refractivity contribution >= 4 is 6.09 Å². The Morgan fingerprint density at radius 1 is 1.00 bits per heavy atom. The Kier molecular flexibility index (Phi) is 6.63. The lowest BCUT2D eigenvalue weighted by Gasteiger charge is -2.21. The Balaban J connectivity index is 1.36. The average Bonchev–Trinajstić information content (AvgIpc) is 3.14. The maximum atomic E-state index is 13.0. The highest BCUT2D eigenvalue weighted by atomic mass is 19.4. The second kappa shape index (κ2) is 9.48. The topological polar surface area (TPSA) is 78.8 Å². The van der Waals surface area contributed by atoms with Crippen LogP contribution in [0.25, 0.3) is 11.1 Å². The molecule has 0 fully saturated rings. The van der Waals surface area contributed by atoms with E-state index in [0.29, 0.717) is 5.56 Å². The molecule has 0 aromatic heterocycles. The Bertz CT molecular complexity index is 1150. The lowest BCUT2D eigenvalue weighted by Crippen LogP contribution is -2.36. The molecule has 178 valence electrons. The number of carbonyl (C=O) groups is 1. The van der Waals surface area contributed by atoms with Crippen molar-refractivity contribution in [2.45, 2.75) is 31.2 Å². The van der Waals surface area contributed by atoms with Gasteiger partial charge in [0.1, 0.15) is 18.8 Å². The van der Waals surface area contributed by atoms with Crippen LogP contribution < -0.4 is 5.32 Å². The van der Waals surface area contributed by atoms with Gasteiger partial charge in [-0.1, -0.05) is 54.6 Å². The number of nitrogens with one attached hydrogen (secondary N) is 1. The Morgan fingerprint density at radius 3 is 2.18 bits per heavy atom. The number of alkyl carbamates (subject to hydrolysis) is 1. The van der Waals surface area contributed by atoms with Crippen LogP contribution in [0, 0.1) is 6.92 Å². The summed E-state index contributed by atoms with van der Waals surface area (Å²) in [5.74, 6) is -0.138. The summed E-state index contributed by atoms with van der Waals surface area (Å²) in [6.45, 7) is 1.21. The minimum Gasteiger partial charge on any atom is -0.449 e. The molecule has 0 heterocycles. The SMILES string of the molecule is Cc1ccc(C(F)(F)F)cc1C(O)C(O)CNC(=O)OCC1c2ccccc2-c2ccccc21. The van der Waals surface area contributed by atoms with Gasteiger partial charge in [-0.25, -0.2) is 4.79 Å². The Labute approximate surface area is 194 Å². The minimum absolute atomic E-state index is 0.0586. The first kappa shape index (κ1) is 23.8. The van der Waals surface area contributed by atoms with Crippen LogP contribution in [-0.4, -0.2) is 35.6 Å². The zero-order valence-electron chi connectivity index (χ0n) is 18.3. The van der Waals surface area contributed by atoms with E-state index in [1.54, 1.807) is 0 Å². The zero-order chi connectivity index (χ0) is 24.5. The summed E-state index contributed by atoms with van der Waals surface area (Å²) >= 11 is 0. The number of fused-ring (bicyclic) bond motifs is 3. The molecule has 3 aromatic rings. The van der Waals surface area contributed by atoms with Gasteiger partial charge in [0.05, 0.1) is 5.56 Å². The number of alkyl halides is 3. The van der Waals surface area contributed by atoms with Crippen molar-refractivity contribution in [3.63, 3.8) is 0 Å². The molecule has 0 saturated carbocycles. The number of aliphatic hydroxyl groups is 2. The fraction of sp³-hybridized carbons (Fsp3) is 0.269. The van der Waals surface area contributed by atoms with Crippen LogP contribution in [0.15, 0.2) is 66.7 Å². The van der Waals surface area contributed by atoms with E-state index < -0.39 is 36.6 Å². The number of hydrogen-bond donors (Lipinski definition) is 3. The summed E-state index contributed by atoms with van der Waals surface area (Å²) in [5, 5.41) is 23.0. The molecule has 0 radical (unpaired) electrons. The second-order valence-corrected chi connectivity index (χ2v) is 8.29. The number of rotatable bonds is 6. The van der Waals surface area contributed by atoms with Crippen LogP contribution in [0.3, 0.4) is 0 Å². The molecule has 4 rings (SSSR count). The normalized spacial score (nSPS) is 14.8. The van der Waals surface area contributed by atoms with E-state index in [1.807, 2.05) is 48.5 Å². The number of amides is 1. The largest absolute Gasteiger partial charge is 0.449 e. The summed E-state index contributed by atoms with van der Waals surface area (Å²) in [4.78, 5) is 12.3. The van der Waals surface area contributed by atoms with Crippen molar-refractivity contribution in [2.24, 2.45) is 0 Å². The summed E-state index contributed by atoms with van der Waals surface area (Å²) in [6, 6.07) is 18.7. The number of carbonyl (C=O) groups excluding carboxylic acids is 1. The van der Waals surface area contributed by atoms with Crippen molar-refractivity contribution in [3.8, 4) is 11.1 Å². The van der Waals surface area contributed by atoms with Crippen LogP contribution >= 0.6 is 0 Å². The van der Waals surface area contributed by atoms with Crippen molar-refractivity contribution in [3.05, 3.63) is 94.5 Å². The molecule has 8 heteroatoms. The highest BCUT2D eigenvalue weighted by Crippen LogP contribution is 2.44. The van der Waals surface area contributed by atoms with Gasteiger partial charge in [0, 0.05) is 12.5 Å². The quantitative estimate of drug-likeness (QED) is 0.476. The Hall–Kier alpha value is -3.36. The lowest BCUT2D eigenvalue weighted by molar-refractivity contribution is -0.137. The van der Waals surface area contributed by atoms with E-state index in [1.165, 1.54) is 13.0 Å². The maximum absolute atomic E-state index is 13.0. The number of aryl methyl sites for hydroxylation is 1. The fourth-order valence-corrected chi connectivity index (χ4v) is 4.29. The molecule has 1 aliphatic rings. The molecule has 0 spiro atoms. The Morgan fingerprint density at radius 2 is 1.59 bits per heavy atom. The number of halogens is 3. The predicted octanol–water partition coefficient (Wildman–Crippen LogP) is 4.95. The first-order valence-corrected chi connectivity index (χ1v) is 10.8. The van der Waals surface area contributed by atoms with Crippen molar-refractivity contribution in [1.29, 1.82) is 0 Å². The van der Waals surface area contributed by atoms with Crippen LogP contribution in [-0.2, 0) is 10.9 Å². The number of hydrogen-bond acceptors (Lipinski definition) is 4. The van der Waals surface area contributed by atoms with E-state index in [4.69, 9.17) is 4.74 Å². The van der Waals surface area contributed by atoms with Gasteiger partial charge in [0.25, 0.3) is 0 Å². The van der Waals surface area contributed by atoms with Gasteiger partial charge in [0.2, 0.25) is 0 Å². The van der Waals surface area contributed by atoms with E-state index in [9.17, 15) is 28.2 Å². The molecular weight excluding hydrogens is 447 g/mol. The standard InChI is InChI=1S/C26H24F3NO4/c1-15-10-11-16(26(27,28)29)12-21(15)24(32)23(31)13-30-25(33)34-14-22-19-8-4-2-6-17(19)18-7-3-5-9-20(18)22/h2-12,22-24,31-32H,13-14H2,1H3,(H,30,33). The first-order valence-electron chi connectivity index (χ1n) is 10.8. The van der Waals surface area contributed by atoms with Gasteiger partial charge in [-0.05, 0) is 52.4 Å². The maximum Gasteiger partial charge on any atom is 0.416 e. The molecule has 5 nitrogen and oxygen atoms in total. The molecule has 3 aromatic carbocycles. The molecule has 3 N–H and O–H groups in total. The van der Waals surface area contributed by atoms with Crippen LogP contribution in [0.2, 0.25) is 0 Å². The summed E-state index contributed by atoms with van der Waals surface area (Å²) in [7, 11) is 0. The third kappa shape index (κ3) is 4.78. The molecule has 1 aliphatic carbocycles. The monoisotopic (exact) mass is 471 g/mol. The zero-order valence-corrected chi connectivity index (χ0v) is 18.3. The molecule has 0 aliphatic heterocycles. The predicted molar refractivity (Wildman–Crippen MR) is 120 cm³/mol. The van der Waals surface area contributed by atoms with Gasteiger partial charge in [-0.15, -0.1) is 0 Å². The van der Waals surface area contributed by atoms with Crippen LogP contribution in [0.4, 0.5) is 18.0 Å². The molecule has 0 saturated heterocycles. The fourth-order valence-electron chi connectivity index (χ4n) is 4.29. The van der Waals surface area contributed by atoms with Gasteiger partial charge in [-0.3, -0.25) is 0 Å². The summed E-state index contributed by atoms with van der Waals surface area (Å²) < 4.78 is 44.4. The van der Waals surface area contributed by atoms with Crippen LogP contribution in [0.1, 0.15) is 39.8 Å². The van der Waals surface area contributed by atoms with Gasteiger partial charge < -0.3 is 20.3 Å². The number of aliphatic hydroxyl groups excluding tert-OH is 2. The van der Waals surface area contributed by atoms with E-state index in [-0.39, 0.29) is 18.1 Å². The average molecular weight is 471 g/mol. The molecular formula is C26H24F3NO4. The number of benzene rings is 3. The van der Waals surface area contributed by atoms with Crippen molar-refractivity contribution in [1.82, 2.24) is 5.32 Å². The summed E-state index contributed by atoms with van der Waals surface area (Å²) in [5.41, 5.74) is 3.67. The minimum atomic E-state index is -4.58.